The summed E-state index contributed by atoms with van der Waals surface area (Å²) in [6.45, 7) is 3.62. The van der Waals surface area contributed by atoms with Gasteiger partial charge >= 0.3 is 0 Å². The van der Waals surface area contributed by atoms with Gasteiger partial charge in [0.25, 0.3) is 11.5 Å². The molecule has 2 N–H and O–H groups in total. The van der Waals surface area contributed by atoms with Gasteiger partial charge in [0, 0.05) is 24.5 Å². The number of H-pyrrole nitrogens is 1. The second kappa shape index (κ2) is 6.59. The molecule has 4 rings (SSSR count). The largest absolute Gasteiger partial charge is 0.486 e. The highest BCUT2D eigenvalue weighted by atomic mass is 16.6. The first kappa shape index (κ1) is 16.3. The number of carbonyl (C=O) groups is 1. The number of hydrogen-bond donors (Lipinski definition) is 2. The van der Waals surface area contributed by atoms with E-state index in [1.807, 2.05) is 25.1 Å². The molecule has 0 aliphatic carbocycles. The fourth-order valence-corrected chi connectivity index (χ4v) is 2.95. The standard InChI is InChI=1S/C19H19N3O4/c1-2-5-20-18(23)13-8-15-19(24)21-14(11-22(15)10-13)12-3-4-16-17(9-12)26-7-6-25-16/h3-4,8-11H,2,5-7H2,1H3,(H,20,23)(H,21,24). The Hall–Kier alpha value is -3.22. The van der Waals surface area contributed by atoms with E-state index in [-0.39, 0.29) is 11.5 Å². The monoisotopic (exact) mass is 353 g/mol. The van der Waals surface area contributed by atoms with Gasteiger partial charge in [-0.05, 0) is 30.7 Å². The summed E-state index contributed by atoms with van der Waals surface area (Å²) in [5, 5.41) is 2.81. The number of hydrogen-bond acceptors (Lipinski definition) is 4. The van der Waals surface area contributed by atoms with Gasteiger partial charge < -0.3 is 24.2 Å². The molecule has 0 radical (unpaired) electrons. The molecule has 0 saturated heterocycles. The number of fused-ring (bicyclic) bond motifs is 2. The van der Waals surface area contributed by atoms with Crippen LogP contribution in [0.2, 0.25) is 0 Å². The summed E-state index contributed by atoms with van der Waals surface area (Å²) >= 11 is 0. The third kappa shape index (κ3) is 2.92. The topological polar surface area (TPSA) is 84.8 Å². The Morgan fingerprint density at radius 1 is 1.19 bits per heavy atom. The van der Waals surface area contributed by atoms with Crippen LogP contribution in [0.4, 0.5) is 0 Å². The highest BCUT2D eigenvalue weighted by Gasteiger charge is 2.15. The van der Waals surface area contributed by atoms with Crippen LogP contribution in [0.5, 0.6) is 11.5 Å². The zero-order valence-electron chi connectivity index (χ0n) is 14.4. The molecular formula is C19H19N3O4. The van der Waals surface area contributed by atoms with Gasteiger partial charge in [0.05, 0.1) is 11.3 Å². The number of ether oxygens (including phenoxy) is 2. The predicted molar refractivity (Wildman–Crippen MR) is 97.1 cm³/mol. The first-order valence-corrected chi connectivity index (χ1v) is 8.59. The molecule has 134 valence electrons. The third-order valence-electron chi connectivity index (χ3n) is 4.25. The molecule has 1 aliphatic rings. The summed E-state index contributed by atoms with van der Waals surface area (Å²) in [6, 6.07) is 7.12. The highest BCUT2D eigenvalue weighted by molar-refractivity contribution is 5.95. The minimum absolute atomic E-state index is 0.184. The van der Waals surface area contributed by atoms with Gasteiger partial charge in [-0.2, -0.15) is 0 Å². The number of carbonyl (C=O) groups excluding carboxylic acids is 1. The highest BCUT2D eigenvalue weighted by Crippen LogP contribution is 2.33. The SMILES string of the molecule is CCCNC(=O)c1cc2c(=O)[nH]c(-c3ccc4c(c3)OCCO4)cn2c1. The summed E-state index contributed by atoms with van der Waals surface area (Å²) in [7, 11) is 0. The van der Waals surface area contributed by atoms with Gasteiger partial charge in [-0.1, -0.05) is 6.92 Å². The van der Waals surface area contributed by atoms with Crippen molar-refractivity contribution in [3.05, 3.63) is 52.6 Å². The van der Waals surface area contributed by atoms with E-state index in [4.69, 9.17) is 9.47 Å². The Morgan fingerprint density at radius 3 is 2.81 bits per heavy atom. The molecule has 0 fully saturated rings. The third-order valence-corrected chi connectivity index (χ3v) is 4.25. The Bertz CT molecular complexity index is 1030. The summed E-state index contributed by atoms with van der Waals surface area (Å²) in [6.07, 6.45) is 4.31. The number of aromatic amines is 1. The van der Waals surface area contributed by atoms with Crippen molar-refractivity contribution in [2.45, 2.75) is 13.3 Å². The molecule has 1 aliphatic heterocycles. The van der Waals surface area contributed by atoms with Gasteiger partial charge in [-0.15, -0.1) is 0 Å². The molecule has 3 aromatic rings. The first-order chi connectivity index (χ1) is 12.7. The smallest absolute Gasteiger partial charge is 0.272 e. The zero-order valence-corrected chi connectivity index (χ0v) is 14.4. The minimum atomic E-state index is -0.257. The van der Waals surface area contributed by atoms with Crippen LogP contribution >= 0.6 is 0 Å². The molecule has 0 bridgehead atoms. The predicted octanol–water partition coefficient (Wildman–Crippen LogP) is 2.21. The maximum Gasteiger partial charge on any atom is 0.272 e. The van der Waals surface area contributed by atoms with Crippen LogP contribution in [0, 0.1) is 0 Å². The zero-order chi connectivity index (χ0) is 18.1. The van der Waals surface area contributed by atoms with Crippen molar-refractivity contribution in [2.75, 3.05) is 19.8 Å². The van der Waals surface area contributed by atoms with Crippen LogP contribution in [0.1, 0.15) is 23.7 Å². The van der Waals surface area contributed by atoms with Crippen molar-refractivity contribution in [1.29, 1.82) is 0 Å². The maximum atomic E-state index is 12.4. The van der Waals surface area contributed by atoms with Gasteiger partial charge in [0.1, 0.15) is 18.7 Å². The first-order valence-electron chi connectivity index (χ1n) is 8.59. The van der Waals surface area contributed by atoms with E-state index in [0.29, 0.717) is 48.0 Å². The fraction of sp³-hybridized carbons (Fsp3) is 0.263. The fourth-order valence-electron chi connectivity index (χ4n) is 2.95. The molecule has 7 heteroatoms. The van der Waals surface area contributed by atoms with Crippen LogP contribution in [0.3, 0.4) is 0 Å². The van der Waals surface area contributed by atoms with E-state index in [0.717, 1.165) is 12.0 Å². The molecule has 1 aromatic carbocycles. The Labute approximate surface area is 149 Å². The van der Waals surface area contributed by atoms with Crippen molar-refractivity contribution in [3.63, 3.8) is 0 Å². The van der Waals surface area contributed by atoms with Crippen molar-refractivity contribution < 1.29 is 14.3 Å². The number of aromatic nitrogens is 2. The van der Waals surface area contributed by atoms with E-state index < -0.39 is 0 Å². The molecule has 26 heavy (non-hydrogen) atoms. The van der Waals surface area contributed by atoms with Crippen molar-refractivity contribution >= 4 is 11.4 Å². The van der Waals surface area contributed by atoms with Gasteiger partial charge in [0.15, 0.2) is 11.5 Å². The lowest BCUT2D eigenvalue weighted by molar-refractivity contribution is 0.0954. The molecule has 0 atom stereocenters. The molecule has 0 unspecified atom stereocenters. The summed E-state index contributed by atoms with van der Waals surface area (Å²) in [4.78, 5) is 27.4. The number of nitrogens with zero attached hydrogens (tertiary/aromatic N) is 1. The Kier molecular flexibility index (Phi) is 4.12. The molecule has 7 nitrogen and oxygen atoms in total. The van der Waals surface area contributed by atoms with Gasteiger partial charge in [0.2, 0.25) is 0 Å². The lowest BCUT2D eigenvalue weighted by Crippen LogP contribution is -2.23. The lowest BCUT2D eigenvalue weighted by atomic mass is 10.1. The van der Waals surface area contributed by atoms with Crippen molar-refractivity contribution in [3.8, 4) is 22.8 Å². The molecule has 0 saturated carbocycles. The van der Waals surface area contributed by atoms with Crippen LogP contribution in [0.25, 0.3) is 16.8 Å². The number of rotatable bonds is 4. The minimum Gasteiger partial charge on any atom is -0.486 e. The van der Waals surface area contributed by atoms with E-state index in [1.165, 1.54) is 0 Å². The molecular weight excluding hydrogens is 334 g/mol. The second-order valence-corrected chi connectivity index (χ2v) is 6.13. The van der Waals surface area contributed by atoms with Crippen LogP contribution < -0.4 is 20.3 Å². The van der Waals surface area contributed by atoms with Crippen molar-refractivity contribution in [1.82, 2.24) is 14.7 Å². The molecule has 2 aromatic heterocycles. The quantitative estimate of drug-likeness (QED) is 0.753. The van der Waals surface area contributed by atoms with Crippen LogP contribution in [0.15, 0.2) is 41.5 Å². The summed E-state index contributed by atoms with van der Waals surface area (Å²) < 4.78 is 12.8. The van der Waals surface area contributed by atoms with Crippen LogP contribution in [-0.2, 0) is 0 Å². The number of amides is 1. The number of benzene rings is 1. The maximum absolute atomic E-state index is 12.4. The lowest BCUT2D eigenvalue weighted by Gasteiger charge is -2.18. The second-order valence-electron chi connectivity index (χ2n) is 6.13. The van der Waals surface area contributed by atoms with Gasteiger partial charge in [-0.3, -0.25) is 9.59 Å². The molecule has 1 amide bonds. The summed E-state index contributed by atoms with van der Waals surface area (Å²) in [5.41, 5.74) is 2.07. The van der Waals surface area contributed by atoms with E-state index >= 15 is 0 Å². The average Bonchev–Trinajstić information content (AvgIpc) is 3.10. The molecule has 0 spiro atoms. The van der Waals surface area contributed by atoms with Crippen molar-refractivity contribution in [2.24, 2.45) is 0 Å². The van der Waals surface area contributed by atoms with Gasteiger partial charge in [-0.25, -0.2) is 0 Å². The molecule has 3 heterocycles. The van der Waals surface area contributed by atoms with Crippen LogP contribution in [-0.4, -0.2) is 35.1 Å². The van der Waals surface area contributed by atoms with E-state index in [9.17, 15) is 9.59 Å². The normalized spacial score (nSPS) is 13.0. The Balaban J connectivity index is 1.73. The van der Waals surface area contributed by atoms with E-state index in [2.05, 4.69) is 10.3 Å². The number of nitrogens with one attached hydrogen (secondary N) is 2. The van der Waals surface area contributed by atoms with E-state index in [1.54, 1.807) is 22.9 Å². The summed E-state index contributed by atoms with van der Waals surface area (Å²) in [5.74, 6) is 1.16. The average molecular weight is 353 g/mol. The Morgan fingerprint density at radius 2 is 2.00 bits per heavy atom.